The van der Waals surface area contributed by atoms with Crippen molar-refractivity contribution >= 4 is 29.2 Å². The highest BCUT2D eigenvalue weighted by atomic mass is 35.5. The summed E-state index contributed by atoms with van der Waals surface area (Å²) in [5.41, 5.74) is 6.86. The summed E-state index contributed by atoms with van der Waals surface area (Å²) in [6.07, 6.45) is 4.17. The molecule has 0 saturated heterocycles. The highest BCUT2D eigenvalue weighted by molar-refractivity contribution is 5.95. The van der Waals surface area contributed by atoms with Gasteiger partial charge in [-0.1, -0.05) is 12.1 Å². The second kappa shape index (κ2) is 9.45. The first-order chi connectivity index (χ1) is 14.0. The number of unbranched alkanes of at least 4 members (excludes halogenated alkanes) is 1. The van der Waals surface area contributed by atoms with Crippen molar-refractivity contribution in [3.05, 3.63) is 65.4 Å². The fourth-order valence-corrected chi connectivity index (χ4v) is 3.92. The maximum Gasteiger partial charge on any atom is 0.249 e. The molecule has 0 saturated carbocycles. The van der Waals surface area contributed by atoms with E-state index in [0.29, 0.717) is 29.7 Å². The van der Waals surface area contributed by atoms with Crippen molar-refractivity contribution in [3.63, 3.8) is 0 Å². The van der Waals surface area contributed by atoms with Crippen LogP contribution in [-0.2, 0) is 13.0 Å². The molecule has 0 radical (unpaired) electrons. The highest BCUT2D eigenvalue weighted by Gasteiger charge is 2.26. The molecular weight excluding hydrogens is 412 g/mol. The molecule has 5 nitrogen and oxygen atoms in total. The molecule has 1 aromatic heterocycles. The number of para-hydroxylation sites is 1. The van der Waals surface area contributed by atoms with Crippen LogP contribution < -0.4 is 15.8 Å². The summed E-state index contributed by atoms with van der Waals surface area (Å²) in [6.45, 7) is 1.80. The molecule has 1 atom stereocenters. The summed E-state index contributed by atoms with van der Waals surface area (Å²) in [5, 5.41) is 4.30. The average Bonchev–Trinajstić information content (AvgIpc) is 3.12. The average molecular weight is 436 g/mol. The highest BCUT2D eigenvalue weighted by Crippen LogP contribution is 2.31. The molecule has 0 bridgehead atoms. The van der Waals surface area contributed by atoms with Gasteiger partial charge in [0.15, 0.2) is 11.6 Å². The zero-order valence-electron chi connectivity index (χ0n) is 16.4. The van der Waals surface area contributed by atoms with E-state index in [1.54, 1.807) is 6.07 Å². The van der Waals surface area contributed by atoms with E-state index in [9.17, 15) is 13.6 Å². The van der Waals surface area contributed by atoms with Gasteiger partial charge < -0.3 is 20.4 Å². The summed E-state index contributed by atoms with van der Waals surface area (Å²) < 4.78 is 35.5. The zero-order valence-corrected chi connectivity index (χ0v) is 17.2. The van der Waals surface area contributed by atoms with Crippen molar-refractivity contribution in [2.24, 2.45) is 5.73 Å². The van der Waals surface area contributed by atoms with Gasteiger partial charge in [-0.05, 0) is 50.1 Å². The quantitative estimate of drug-likeness (QED) is 0.554. The second-order valence-corrected chi connectivity index (χ2v) is 7.33. The number of ether oxygens (including phenoxy) is 1. The standard InChI is InChI=1S/C22H23F2N3O2.ClH/c23-18-5-3-4-14-8-11-27(20(14)18)10-2-1-9-26-15-12-17-16(22(25)28)6-7-19(24)21(17)29-13-15;/h3-8,11,15,26H,1-2,9-10,12-13H2,(H2,25,28);1H. The fourth-order valence-electron chi connectivity index (χ4n) is 3.92. The molecule has 1 unspecified atom stereocenters. The lowest BCUT2D eigenvalue weighted by atomic mass is 9.96. The van der Waals surface area contributed by atoms with Crippen LogP contribution in [-0.4, -0.2) is 29.7 Å². The Labute approximate surface area is 179 Å². The Hall–Kier alpha value is -2.64. The van der Waals surface area contributed by atoms with Crippen LogP contribution in [0.5, 0.6) is 5.75 Å². The van der Waals surface area contributed by atoms with E-state index in [1.165, 1.54) is 18.2 Å². The minimum absolute atomic E-state index is 0. The molecule has 3 aromatic rings. The van der Waals surface area contributed by atoms with Crippen LogP contribution in [0.2, 0.25) is 0 Å². The predicted molar refractivity (Wildman–Crippen MR) is 114 cm³/mol. The van der Waals surface area contributed by atoms with Crippen molar-refractivity contribution in [2.75, 3.05) is 13.2 Å². The number of nitrogens with zero attached hydrogens (tertiary/aromatic N) is 1. The number of rotatable bonds is 7. The van der Waals surface area contributed by atoms with E-state index in [0.717, 1.165) is 31.3 Å². The van der Waals surface area contributed by atoms with E-state index < -0.39 is 11.7 Å². The van der Waals surface area contributed by atoms with Crippen LogP contribution in [0.1, 0.15) is 28.8 Å². The SMILES string of the molecule is Cl.NC(=O)c1ccc(F)c2c1CC(NCCCCn1ccc3cccc(F)c31)CO2. The summed E-state index contributed by atoms with van der Waals surface area (Å²) in [7, 11) is 0. The predicted octanol–water partition coefficient (Wildman–Crippen LogP) is 3.81. The van der Waals surface area contributed by atoms with Crippen LogP contribution in [0.4, 0.5) is 8.78 Å². The molecular formula is C22H24ClF2N3O2. The third-order valence-electron chi connectivity index (χ3n) is 5.36. The first kappa shape index (κ1) is 22.1. The number of nitrogens with two attached hydrogens (primary N) is 1. The number of carbonyl (C=O) groups is 1. The summed E-state index contributed by atoms with van der Waals surface area (Å²) in [5.74, 6) is -1.15. The van der Waals surface area contributed by atoms with Crippen molar-refractivity contribution < 1.29 is 18.3 Å². The van der Waals surface area contributed by atoms with E-state index in [2.05, 4.69) is 5.32 Å². The number of aryl methyl sites for hydroxylation is 1. The Morgan fingerprint density at radius 3 is 2.80 bits per heavy atom. The van der Waals surface area contributed by atoms with Crippen molar-refractivity contribution in [1.82, 2.24) is 9.88 Å². The minimum atomic E-state index is -0.586. The van der Waals surface area contributed by atoms with Gasteiger partial charge in [0.25, 0.3) is 0 Å². The van der Waals surface area contributed by atoms with E-state index >= 15 is 0 Å². The van der Waals surface area contributed by atoms with Gasteiger partial charge in [0, 0.05) is 35.3 Å². The Kier molecular flexibility index (Phi) is 6.95. The van der Waals surface area contributed by atoms with Gasteiger partial charge in [-0.3, -0.25) is 4.79 Å². The Bertz CT molecular complexity index is 1050. The van der Waals surface area contributed by atoms with Gasteiger partial charge in [0.2, 0.25) is 5.91 Å². The number of hydrogen-bond donors (Lipinski definition) is 2. The largest absolute Gasteiger partial charge is 0.489 e. The lowest BCUT2D eigenvalue weighted by Gasteiger charge is -2.27. The maximum atomic E-state index is 14.0. The third kappa shape index (κ3) is 4.42. The number of hydrogen-bond acceptors (Lipinski definition) is 3. The van der Waals surface area contributed by atoms with Gasteiger partial charge in [-0.15, -0.1) is 12.4 Å². The van der Waals surface area contributed by atoms with Crippen LogP contribution in [0.25, 0.3) is 10.9 Å². The Balaban J connectivity index is 0.00000256. The van der Waals surface area contributed by atoms with E-state index in [4.69, 9.17) is 10.5 Å². The number of primary amides is 1. The summed E-state index contributed by atoms with van der Waals surface area (Å²) in [4.78, 5) is 11.6. The molecule has 1 amide bonds. The second-order valence-electron chi connectivity index (χ2n) is 7.33. The summed E-state index contributed by atoms with van der Waals surface area (Å²) >= 11 is 0. The summed E-state index contributed by atoms with van der Waals surface area (Å²) in [6, 6.07) is 9.61. The minimum Gasteiger partial charge on any atom is -0.489 e. The molecule has 1 aliphatic rings. The smallest absolute Gasteiger partial charge is 0.249 e. The molecule has 0 spiro atoms. The van der Waals surface area contributed by atoms with Crippen LogP contribution in [0, 0.1) is 11.6 Å². The van der Waals surface area contributed by atoms with Crippen molar-refractivity contribution in [3.8, 4) is 5.75 Å². The lowest BCUT2D eigenvalue weighted by molar-refractivity contribution is 0.0997. The zero-order chi connectivity index (χ0) is 20.4. The maximum absolute atomic E-state index is 14.0. The topological polar surface area (TPSA) is 69.3 Å². The molecule has 160 valence electrons. The Morgan fingerprint density at radius 2 is 2.00 bits per heavy atom. The molecule has 0 fully saturated rings. The van der Waals surface area contributed by atoms with Crippen molar-refractivity contribution in [1.29, 1.82) is 0 Å². The number of amides is 1. The van der Waals surface area contributed by atoms with Gasteiger partial charge >= 0.3 is 0 Å². The molecule has 8 heteroatoms. The van der Waals surface area contributed by atoms with Crippen molar-refractivity contribution in [2.45, 2.75) is 31.8 Å². The monoisotopic (exact) mass is 435 g/mol. The first-order valence-electron chi connectivity index (χ1n) is 9.75. The van der Waals surface area contributed by atoms with E-state index in [1.807, 2.05) is 22.9 Å². The molecule has 2 aromatic carbocycles. The molecule has 0 aliphatic carbocycles. The molecule has 30 heavy (non-hydrogen) atoms. The molecule has 3 N–H and O–H groups in total. The van der Waals surface area contributed by atoms with Gasteiger partial charge in [0.1, 0.15) is 12.4 Å². The molecule has 1 aliphatic heterocycles. The number of nitrogens with one attached hydrogen (secondary N) is 1. The number of halogens is 3. The number of aromatic nitrogens is 1. The van der Waals surface area contributed by atoms with Crippen LogP contribution in [0.3, 0.4) is 0 Å². The lowest BCUT2D eigenvalue weighted by Crippen LogP contribution is -2.40. The molecule has 2 heterocycles. The molecule has 4 rings (SSSR count). The number of benzene rings is 2. The number of carbonyl (C=O) groups excluding carboxylic acids is 1. The Morgan fingerprint density at radius 1 is 1.17 bits per heavy atom. The first-order valence-corrected chi connectivity index (χ1v) is 9.75. The third-order valence-corrected chi connectivity index (χ3v) is 5.36. The normalized spacial score (nSPS) is 15.3. The van der Waals surface area contributed by atoms with Crippen LogP contribution >= 0.6 is 12.4 Å². The van der Waals surface area contributed by atoms with Crippen LogP contribution in [0.15, 0.2) is 42.6 Å². The number of fused-ring (bicyclic) bond motifs is 2. The van der Waals surface area contributed by atoms with Gasteiger partial charge in [-0.2, -0.15) is 0 Å². The fraction of sp³-hybridized carbons (Fsp3) is 0.318. The van der Waals surface area contributed by atoms with E-state index in [-0.39, 0.29) is 30.0 Å². The van der Waals surface area contributed by atoms with Gasteiger partial charge in [0.05, 0.1) is 5.52 Å². The van der Waals surface area contributed by atoms with Gasteiger partial charge in [-0.25, -0.2) is 8.78 Å².